The van der Waals surface area contributed by atoms with Gasteiger partial charge in [0.1, 0.15) is 11.6 Å². The van der Waals surface area contributed by atoms with E-state index < -0.39 is 0 Å². The molecular formula is C17H23N5. The molecule has 5 nitrogen and oxygen atoms in total. The Bertz CT molecular complexity index is 628. The molecule has 1 fully saturated rings. The Morgan fingerprint density at radius 3 is 2.91 bits per heavy atom. The van der Waals surface area contributed by atoms with Gasteiger partial charge in [0, 0.05) is 44.6 Å². The van der Waals surface area contributed by atoms with Gasteiger partial charge in [-0.2, -0.15) is 0 Å². The first-order chi connectivity index (χ1) is 10.8. The highest BCUT2D eigenvalue weighted by Crippen LogP contribution is 2.34. The molecule has 1 aliphatic heterocycles. The minimum Gasteiger partial charge on any atom is -0.373 e. The number of likely N-dealkylation sites (tertiary alicyclic amines) is 1. The zero-order valence-electron chi connectivity index (χ0n) is 13.2. The molecule has 0 unspecified atom stereocenters. The first kappa shape index (κ1) is 14.8. The monoisotopic (exact) mass is 297 g/mol. The number of rotatable bonds is 5. The van der Waals surface area contributed by atoms with Crippen LogP contribution in [0.1, 0.15) is 30.0 Å². The van der Waals surface area contributed by atoms with Gasteiger partial charge in [-0.15, -0.1) is 0 Å². The van der Waals surface area contributed by atoms with Gasteiger partial charge in [-0.1, -0.05) is 6.07 Å². The molecule has 5 heteroatoms. The van der Waals surface area contributed by atoms with Crippen molar-refractivity contribution in [3.8, 4) is 0 Å². The molecule has 3 rings (SSSR count). The molecular weight excluding hydrogens is 274 g/mol. The predicted molar refractivity (Wildman–Crippen MR) is 90.0 cm³/mol. The zero-order chi connectivity index (χ0) is 15.4. The summed E-state index contributed by atoms with van der Waals surface area (Å²) in [4.78, 5) is 11.3. The molecule has 116 valence electrons. The lowest BCUT2D eigenvalue weighted by molar-refractivity contribution is 0.248. The number of nitrogens with zero attached hydrogens (tertiary/aromatic N) is 3. The highest BCUT2D eigenvalue weighted by Gasteiger charge is 2.26. The number of hydrogen-bond acceptors (Lipinski definition) is 5. The van der Waals surface area contributed by atoms with Gasteiger partial charge >= 0.3 is 0 Å². The second-order valence-electron chi connectivity index (χ2n) is 5.61. The van der Waals surface area contributed by atoms with Gasteiger partial charge in [-0.05, 0) is 43.1 Å². The van der Waals surface area contributed by atoms with E-state index in [1.54, 1.807) is 0 Å². The summed E-state index contributed by atoms with van der Waals surface area (Å²) in [5.41, 5.74) is 2.59. The second-order valence-corrected chi connectivity index (χ2v) is 5.61. The summed E-state index contributed by atoms with van der Waals surface area (Å²) in [5.74, 6) is 1.90. The number of hydrogen-bond donors (Lipinski definition) is 2. The Balaban J connectivity index is 1.81. The summed E-state index contributed by atoms with van der Waals surface area (Å²) in [5, 5.41) is 6.31. The van der Waals surface area contributed by atoms with Crippen LogP contribution < -0.4 is 10.6 Å². The number of pyridine rings is 2. The van der Waals surface area contributed by atoms with Crippen LogP contribution in [-0.2, 0) is 6.54 Å². The lowest BCUT2D eigenvalue weighted by atomic mass is 10.1. The standard InChI is InChI=1S/C17H23N5/c1-18-16-11-13(7-9-20-16)15-6-4-10-22(15)12-14-5-3-8-21-17(14)19-2/h3,5,7-9,11,15H,4,6,10,12H2,1-2H3,(H,18,20)(H,19,21)/t15-/m1/s1. The van der Waals surface area contributed by atoms with E-state index in [4.69, 9.17) is 0 Å². The van der Waals surface area contributed by atoms with Gasteiger partial charge in [0.25, 0.3) is 0 Å². The topological polar surface area (TPSA) is 53.1 Å². The summed E-state index contributed by atoms with van der Waals surface area (Å²) < 4.78 is 0. The van der Waals surface area contributed by atoms with E-state index in [2.05, 4.69) is 43.7 Å². The van der Waals surface area contributed by atoms with Gasteiger partial charge in [0.2, 0.25) is 0 Å². The first-order valence-electron chi connectivity index (χ1n) is 7.81. The molecule has 2 aromatic heterocycles. The van der Waals surface area contributed by atoms with Crippen LogP contribution in [0.2, 0.25) is 0 Å². The SMILES string of the molecule is CNc1cc([C@H]2CCCN2Cc2cccnc2NC)ccn1. The average Bonchev–Trinajstić information content (AvgIpc) is 3.03. The highest BCUT2D eigenvalue weighted by atomic mass is 15.2. The molecule has 3 heterocycles. The van der Waals surface area contributed by atoms with E-state index >= 15 is 0 Å². The van der Waals surface area contributed by atoms with Crippen LogP contribution in [0.3, 0.4) is 0 Å². The van der Waals surface area contributed by atoms with Crippen LogP contribution >= 0.6 is 0 Å². The van der Waals surface area contributed by atoms with Crippen LogP contribution in [0.25, 0.3) is 0 Å². The van der Waals surface area contributed by atoms with Crippen LogP contribution in [0.4, 0.5) is 11.6 Å². The van der Waals surface area contributed by atoms with Crippen LogP contribution in [-0.4, -0.2) is 35.5 Å². The first-order valence-corrected chi connectivity index (χ1v) is 7.81. The molecule has 1 aliphatic rings. The number of nitrogens with one attached hydrogen (secondary N) is 2. The van der Waals surface area contributed by atoms with Crippen molar-refractivity contribution in [2.75, 3.05) is 31.3 Å². The quantitative estimate of drug-likeness (QED) is 0.889. The third-order valence-corrected chi connectivity index (χ3v) is 4.29. The van der Waals surface area contributed by atoms with Gasteiger partial charge < -0.3 is 10.6 Å². The van der Waals surface area contributed by atoms with Gasteiger partial charge in [-0.3, -0.25) is 4.90 Å². The van der Waals surface area contributed by atoms with E-state index in [1.807, 2.05) is 32.6 Å². The minimum absolute atomic E-state index is 0.458. The van der Waals surface area contributed by atoms with Gasteiger partial charge in [0.15, 0.2) is 0 Å². The van der Waals surface area contributed by atoms with Crippen molar-refractivity contribution in [1.29, 1.82) is 0 Å². The average molecular weight is 297 g/mol. The van der Waals surface area contributed by atoms with Crippen molar-refractivity contribution in [2.24, 2.45) is 0 Å². The fraction of sp³-hybridized carbons (Fsp3) is 0.412. The highest BCUT2D eigenvalue weighted by molar-refractivity contribution is 5.43. The van der Waals surface area contributed by atoms with E-state index in [0.717, 1.165) is 24.7 Å². The second kappa shape index (κ2) is 6.75. The fourth-order valence-corrected chi connectivity index (χ4v) is 3.19. The summed E-state index contributed by atoms with van der Waals surface area (Å²) in [6, 6.07) is 8.91. The molecule has 0 saturated carbocycles. The minimum atomic E-state index is 0.458. The Hall–Kier alpha value is -2.14. The third kappa shape index (κ3) is 3.04. The smallest absolute Gasteiger partial charge is 0.130 e. The number of aromatic nitrogens is 2. The third-order valence-electron chi connectivity index (χ3n) is 4.29. The van der Waals surface area contributed by atoms with Crippen LogP contribution in [0, 0.1) is 0 Å². The summed E-state index contributed by atoms with van der Waals surface area (Å²) in [7, 11) is 3.84. The molecule has 0 spiro atoms. The number of anilines is 2. The van der Waals surface area contributed by atoms with Crippen LogP contribution in [0.5, 0.6) is 0 Å². The van der Waals surface area contributed by atoms with Crippen molar-refractivity contribution in [3.63, 3.8) is 0 Å². The van der Waals surface area contributed by atoms with Crippen molar-refractivity contribution in [3.05, 3.63) is 47.8 Å². The molecule has 2 N–H and O–H groups in total. The Morgan fingerprint density at radius 2 is 2.09 bits per heavy atom. The van der Waals surface area contributed by atoms with Crippen molar-refractivity contribution >= 4 is 11.6 Å². The van der Waals surface area contributed by atoms with Crippen molar-refractivity contribution in [1.82, 2.24) is 14.9 Å². The normalized spacial score (nSPS) is 18.4. The molecule has 0 amide bonds. The lowest BCUT2D eigenvalue weighted by Gasteiger charge is -2.25. The lowest BCUT2D eigenvalue weighted by Crippen LogP contribution is -2.23. The van der Waals surface area contributed by atoms with Gasteiger partial charge in [0.05, 0.1) is 0 Å². The molecule has 0 radical (unpaired) electrons. The fourth-order valence-electron chi connectivity index (χ4n) is 3.19. The maximum atomic E-state index is 4.41. The largest absolute Gasteiger partial charge is 0.373 e. The van der Waals surface area contributed by atoms with Crippen LogP contribution in [0.15, 0.2) is 36.7 Å². The van der Waals surface area contributed by atoms with E-state index in [-0.39, 0.29) is 0 Å². The Labute approximate surface area is 131 Å². The Kier molecular flexibility index (Phi) is 4.53. The summed E-state index contributed by atoms with van der Waals surface area (Å²) >= 11 is 0. The Morgan fingerprint density at radius 1 is 1.18 bits per heavy atom. The zero-order valence-corrected chi connectivity index (χ0v) is 13.2. The molecule has 2 aromatic rings. The maximum Gasteiger partial charge on any atom is 0.130 e. The molecule has 0 bridgehead atoms. The molecule has 22 heavy (non-hydrogen) atoms. The van der Waals surface area contributed by atoms with Gasteiger partial charge in [-0.25, -0.2) is 9.97 Å². The van der Waals surface area contributed by atoms with Crippen molar-refractivity contribution in [2.45, 2.75) is 25.4 Å². The molecule has 1 atom stereocenters. The van der Waals surface area contributed by atoms with E-state index in [1.165, 1.54) is 24.0 Å². The predicted octanol–water partition coefficient (Wildman–Crippen LogP) is 2.90. The molecule has 0 aromatic carbocycles. The van der Waals surface area contributed by atoms with Crippen molar-refractivity contribution < 1.29 is 0 Å². The molecule has 1 saturated heterocycles. The van der Waals surface area contributed by atoms with E-state index in [0.29, 0.717) is 6.04 Å². The van der Waals surface area contributed by atoms with E-state index in [9.17, 15) is 0 Å². The molecule has 0 aliphatic carbocycles. The summed E-state index contributed by atoms with van der Waals surface area (Å²) in [6.45, 7) is 2.05. The maximum absolute atomic E-state index is 4.41. The summed E-state index contributed by atoms with van der Waals surface area (Å²) in [6.07, 6.45) is 6.15.